The fourth-order valence-electron chi connectivity index (χ4n) is 1.57. The van der Waals surface area contributed by atoms with E-state index in [-0.39, 0.29) is 11.3 Å². The minimum atomic E-state index is -1.07. The number of hydrogen-bond acceptors (Lipinski definition) is 4. The first kappa shape index (κ1) is 13.2. The Hall–Kier alpha value is -2.27. The Morgan fingerprint density at radius 1 is 1.42 bits per heavy atom. The number of nitrogens with zero attached hydrogens (tertiary/aromatic N) is 1. The van der Waals surface area contributed by atoms with E-state index >= 15 is 0 Å². The summed E-state index contributed by atoms with van der Waals surface area (Å²) in [6, 6.07) is 6.86. The van der Waals surface area contributed by atoms with E-state index in [1.165, 1.54) is 12.3 Å². The fraction of sp³-hybridized carbons (Fsp3) is 0.0769. The van der Waals surface area contributed by atoms with E-state index in [4.69, 9.17) is 22.4 Å². The van der Waals surface area contributed by atoms with Crippen molar-refractivity contribution >= 4 is 34.8 Å². The van der Waals surface area contributed by atoms with Crippen LogP contribution in [0.4, 0.5) is 17.2 Å². The molecular weight excluding hydrogens is 266 g/mol. The number of aromatic carboxylic acids is 1. The number of carbonyl (C=O) groups is 1. The average molecular weight is 278 g/mol. The molecule has 19 heavy (non-hydrogen) atoms. The lowest BCUT2D eigenvalue weighted by atomic mass is 10.2. The standard InChI is InChI=1S/C13H12ClN3O2/c1-7-2-3-9(14)11(4-7)17-12-10(15)5-8(6-16-12)13(18)19/h2-6H,15H2,1H3,(H,16,17)(H,18,19). The van der Waals surface area contributed by atoms with Gasteiger partial charge in [-0.05, 0) is 30.7 Å². The van der Waals surface area contributed by atoms with Gasteiger partial charge in [0.05, 0.1) is 22.0 Å². The number of anilines is 3. The van der Waals surface area contributed by atoms with Crippen LogP contribution < -0.4 is 11.1 Å². The fourth-order valence-corrected chi connectivity index (χ4v) is 1.73. The van der Waals surface area contributed by atoms with E-state index in [9.17, 15) is 4.79 Å². The molecule has 6 heteroatoms. The Morgan fingerprint density at radius 3 is 2.79 bits per heavy atom. The summed E-state index contributed by atoms with van der Waals surface area (Å²) in [4.78, 5) is 14.8. The van der Waals surface area contributed by atoms with Crippen molar-refractivity contribution in [3.05, 3.63) is 46.6 Å². The zero-order valence-corrected chi connectivity index (χ0v) is 10.9. The minimum absolute atomic E-state index is 0.0402. The molecule has 0 aliphatic heterocycles. The quantitative estimate of drug-likeness (QED) is 0.802. The lowest BCUT2D eigenvalue weighted by molar-refractivity contribution is 0.0696. The summed E-state index contributed by atoms with van der Waals surface area (Å²) < 4.78 is 0. The van der Waals surface area contributed by atoms with Crippen molar-refractivity contribution in [2.75, 3.05) is 11.1 Å². The predicted molar refractivity (Wildman–Crippen MR) is 75.1 cm³/mol. The van der Waals surface area contributed by atoms with Crippen LogP contribution in [0.15, 0.2) is 30.5 Å². The molecule has 2 aromatic rings. The van der Waals surface area contributed by atoms with Gasteiger partial charge in [-0.25, -0.2) is 9.78 Å². The number of nitrogen functional groups attached to an aromatic ring is 1. The summed E-state index contributed by atoms with van der Waals surface area (Å²) in [5.41, 5.74) is 7.76. The molecule has 0 saturated carbocycles. The second-order valence-electron chi connectivity index (χ2n) is 4.08. The lowest BCUT2D eigenvalue weighted by Gasteiger charge is -2.11. The zero-order valence-electron chi connectivity index (χ0n) is 10.1. The first-order chi connectivity index (χ1) is 8.97. The number of nitrogens with two attached hydrogens (primary N) is 1. The molecule has 1 heterocycles. The van der Waals surface area contributed by atoms with Crippen molar-refractivity contribution in [2.45, 2.75) is 6.92 Å². The van der Waals surface area contributed by atoms with Crippen molar-refractivity contribution in [3.63, 3.8) is 0 Å². The van der Waals surface area contributed by atoms with Crippen LogP contribution in [0, 0.1) is 6.92 Å². The highest BCUT2D eigenvalue weighted by molar-refractivity contribution is 6.33. The van der Waals surface area contributed by atoms with Crippen molar-refractivity contribution in [1.29, 1.82) is 0 Å². The van der Waals surface area contributed by atoms with Gasteiger partial charge in [0.25, 0.3) is 0 Å². The first-order valence-corrected chi connectivity index (χ1v) is 5.87. The summed E-state index contributed by atoms with van der Waals surface area (Å²) in [5.74, 6) is -0.697. The molecule has 0 saturated heterocycles. The van der Waals surface area contributed by atoms with Crippen LogP contribution in [0.1, 0.15) is 15.9 Å². The maximum absolute atomic E-state index is 10.8. The van der Waals surface area contributed by atoms with E-state index in [1.54, 1.807) is 6.07 Å². The van der Waals surface area contributed by atoms with E-state index in [2.05, 4.69) is 10.3 Å². The zero-order chi connectivity index (χ0) is 14.0. The third-order valence-electron chi connectivity index (χ3n) is 2.54. The highest BCUT2D eigenvalue weighted by Gasteiger charge is 2.09. The molecule has 98 valence electrons. The van der Waals surface area contributed by atoms with Crippen LogP contribution in [-0.4, -0.2) is 16.1 Å². The summed E-state index contributed by atoms with van der Waals surface area (Å²) in [6.45, 7) is 1.94. The predicted octanol–water partition coefficient (Wildman–Crippen LogP) is 3.07. The third-order valence-corrected chi connectivity index (χ3v) is 2.87. The van der Waals surface area contributed by atoms with Gasteiger partial charge in [0.1, 0.15) is 0 Å². The van der Waals surface area contributed by atoms with Gasteiger partial charge in [-0.15, -0.1) is 0 Å². The lowest BCUT2D eigenvalue weighted by Crippen LogP contribution is -2.04. The van der Waals surface area contributed by atoms with Gasteiger partial charge in [-0.2, -0.15) is 0 Å². The summed E-state index contributed by atoms with van der Waals surface area (Å²) >= 11 is 6.05. The Labute approximate surface area is 115 Å². The van der Waals surface area contributed by atoms with Crippen molar-refractivity contribution < 1.29 is 9.90 Å². The van der Waals surface area contributed by atoms with Gasteiger partial charge in [-0.3, -0.25) is 0 Å². The van der Waals surface area contributed by atoms with E-state index in [0.29, 0.717) is 16.5 Å². The molecule has 0 atom stereocenters. The smallest absolute Gasteiger partial charge is 0.337 e. The molecule has 2 rings (SSSR count). The number of carboxylic acid groups (broad SMARTS) is 1. The Morgan fingerprint density at radius 2 is 2.16 bits per heavy atom. The van der Waals surface area contributed by atoms with E-state index < -0.39 is 5.97 Å². The Bertz CT molecular complexity index is 644. The molecule has 0 fully saturated rings. The molecule has 0 aliphatic rings. The number of nitrogens with one attached hydrogen (secondary N) is 1. The van der Waals surface area contributed by atoms with Crippen LogP contribution in [0.25, 0.3) is 0 Å². The number of benzene rings is 1. The Kier molecular flexibility index (Phi) is 3.57. The van der Waals surface area contributed by atoms with Gasteiger partial charge in [0.15, 0.2) is 5.82 Å². The summed E-state index contributed by atoms with van der Waals surface area (Å²) in [7, 11) is 0. The molecule has 1 aromatic carbocycles. The van der Waals surface area contributed by atoms with Gasteiger partial charge < -0.3 is 16.2 Å². The van der Waals surface area contributed by atoms with Gasteiger partial charge in [-0.1, -0.05) is 17.7 Å². The van der Waals surface area contributed by atoms with Crippen LogP contribution in [0.3, 0.4) is 0 Å². The molecule has 0 spiro atoms. The van der Waals surface area contributed by atoms with Gasteiger partial charge in [0, 0.05) is 6.20 Å². The monoisotopic (exact) mass is 277 g/mol. The second-order valence-corrected chi connectivity index (χ2v) is 4.48. The van der Waals surface area contributed by atoms with Crippen LogP contribution in [0.2, 0.25) is 5.02 Å². The molecule has 5 nitrogen and oxygen atoms in total. The average Bonchev–Trinajstić information content (AvgIpc) is 2.36. The Balaban J connectivity index is 2.33. The maximum Gasteiger partial charge on any atom is 0.337 e. The first-order valence-electron chi connectivity index (χ1n) is 5.49. The van der Waals surface area contributed by atoms with Crippen molar-refractivity contribution in [1.82, 2.24) is 4.98 Å². The number of rotatable bonds is 3. The number of pyridine rings is 1. The van der Waals surface area contributed by atoms with Crippen LogP contribution >= 0.6 is 11.6 Å². The highest BCUT2D eigenvalue weighted by atomic mass is 35.5. The highest BCUT2D eigenvalue weighted by Crippen LogP contribution is 2.28. The molecule has 0 bridgehead atoms. The molecule has 0 unspecified atom stereocenters. The van der Waals surface area contributed by atoms with Crippen molar-refractivity contribution in [3.8, 4) is 0 Å². The van der Waals surface area contributed by atoms with E-state index in [1.807, 2.05) is 19.1 Å². The largest absolute Gasteiger partial charge is 0.478 e. The number of aromatic nitrogens is 1. The summed E-state index contributed by atoms with van der Waals surface area (Å²) in [5, 5.41) is 12.4. The van der Waals surface area contributed by atoms with Gasteiger partial charge in [0.2, 0.25) is 0 Å². The molecule has 0 aliphatic carbocycles. The minimum Gasteiger partial charge on any atom is -0.478 e. The third kappa shape index (κ3) is 2.95. The van der Waals surface area contributed by atoms with E-state index in [0.717, 1.165) is 5.56 Å². The molecule has 0 amide bonds. The number of aryl methyl sites for hydroxylation is 1. The molecule has 4 N–H and O–H groups in total. The van der Waals surface area contributed by atoms with Crippen LogP contribution in [-0.2, 0) is 0 Å². The molecule has 1 aromatic heterocycles. The second kappa shape index (κ2) is 5.16. The van der Waals surface area contributed by atoms with Crippen LogP contribution in [0.5, 0.6) is 0 Å². The normalized spacial score (nSPS) is 10.2. The molecule has 0 radical (unpaired) electrons. The van der Waals surface area contributed by atoms with Crippen molar-refractivity contribution in [2.24, 2.45) is 0 Å². The summed E-state index contributed by atoms with van der Waals surface area (Å²) in [6.07, 6.45) is 1.24. The maximum atomic E-state index is 10.8. The number of halogens is 1. The molecular formula is C13H12ClN3O2. The number of carboxylic acids is 1. The topological polar surface area (TPSA) is 88.2 Å². The van der Waals surface area contributed by atoms with Gasteiger partial charge >= 0.3 is 5.97 Å². The SMILES string of the molecule is Cc1ccc(Cl)c(Nc2ncc(C(=O)O)cc2N)c1. The number of hydrogen-bond donors (Lipinski definition) is 3.